The Labute approximate surface area is 229 Å². The summed E-state index contributed by atoms with van der Waals surface area (Å²) in [7, 11) is 0. The normalized spacial score (nSPS) is 10.7. The lowest BCUT2D eigenvalue weighted by molar-refractivity contribution is 0.252. The van der Waals surface area contributed by atoms with E-state index in [2.05, 4.69) is 67.5 Å². The minimum atomic E-state index is -0.236. The van der Waals surface area contributed by atoms with Crippen molar-refractivity contribution in [3.63, 3.8) is 0 Å². The molecule has 1 aromatic heterocycles. The van der Waals surface area contributed by atoms with Gasteiger partial charge in [0.05, 0.1) is 11.4 Å². The predicted octanol–water partition coefficient (Wildman–Crippen LogP) is 7.88. The van der Waals surface area contributed by atoms with E-state index in [9.17, 15) is 4.79 Å². The summed E-state index contributed by atoms with van der Waals surface area (Å²) in [6, 6.07) is 38.2. The molecule has 2 amide bonds. The fourth-order valence-electron chi connectivity index (χ4n) is 4.02. The van der Waals surface area contributed by atoms with Crippen LogP contribution in [-0.2, 0) is 0 Å². The Morgan fingerprint density at radius 3 is 2.14 bits per heavy atom. The minimum absolute atomic E-state index is 0.236. The first-order valence-corrected chi connectivity index (χ1v) is 13.7. The number of carbonyl (C=O) groups is 1. The SMILES string of the molecule is O=C(NCCSc1nc(-c2ccccc2)c(-c2ccccc2)n1-c1ccccc1)Nc1cccc(Br)c1. The molecule has 4 aromatic carbocycles. The number of hydrogen-bond acceptors (Lipinski definition) is 3. The van der Waals surface area contributed by atoms with Gasteiger partial charge in [-0.1, -0.05) is 113 Å². The minimum Gasteiger partial charge on any atom is -0.337 e. The summed E-state index contributed by atoms with van der Waals surface area (Å²) in [5.74, 6) is 0.665. The van der Waals surface area contributed by atoms with Crippen LogP contribution in [0, 0.1) is 0 Å². The molecule has 0 spiro atoms. The summed E-state index contributed by atoms with van der Waals surface area (Å²) in [4.78, 5) is 17.5. The number of thioether (sulfide) groups is 1. The van der Waals surface area contributed by atoms with Gasteiger partial charge in [-0.3, -0.25) is 4.57 Å². The van der Waals surface area contributed by atoms with Gasteiger partial charge >= 0.3 is 6.03 Å². The number of aromatic nitrogens is 2. The molecule has 184 valence electrons. The van der Waals surface area contributed by atoms with E-state index >= 15 is 0 Å². The number of nitrogens with one attached hydrogen (secondary N) is 2. The molecule has 0 radical (unpaired) electrons. The van der Waals surface area contributed by atoms with Crippen molar-refractivity contribution in [2.75, 3.05) is 17.6 Å². The van der Waals surface area contributed by atoms with Gasteiger partial charge < -0.3 is 10.6 Å². The lowest BCUT2D eigenvalue weighted by Crippen LogP contribution is -2.30. The molecule has 37 heavy (non-hydrogen) atoms. The molecular formula is C30H25BrN4OS. The first-order valence-electron chi connectivity index (χ1n) is 11.9. The number of urea groups is 1. The molecule has 7 heteroatoms. The number of imidazole rings is 1. The lowest BCUT2D eigenvalue weighted by Gasteiger charge is -2.13. The quantitative estimate of drug-likeness (QED) is 0.148. The van der Waals surface area contributed by atoms with Crippen LogP contribution < -0.4 is 10.6 Å². The average molecular weight is 570 g/mol. The van der Waals surface area contributed by atoms with Crippen molar-refractivity contribution < 1.29 is 4.79 Å². The zero-order chi connectivity index (χ0) is 25.5. The molecule has 0 bridgehead atoms. The van der Waals surface area contributed by atoms with Crippen LogP contribution in [0.2, 0.25) is 0 Å². The van der Waals surface area contributed by atoms with E-state index in [4.69, 9.17) is 4.98 Å². The maximum absolute atomic E-state index is 12.4. The number of amides is 2. The van der Waals surface area contributed by atoms with Crippen molar-refractivity contribution in [1.29, 1.82) is 0 Å². The standard InChI is InChI=1S/C30H25BrN4OS/c31-24-15-10-16-25(21-24)33-29(36)32-19-20-37-30-34-27(22-11-4-1-5-12-22)28(23-13-6-2-7-14-23)35(30)26-17-8-3-9-18-26/h1-18,21H,19-20H2,(H2,32,33,36). The molecule has 0 atom stereocenters. The van der Waals surface area contributed by atoms with Crippen LogP contribution in [0.25, 0.3) is 28.2 Å². The highest BCUT2D eigenvalue weighted by Gasteiger charge is 2.21. The number of benzene rings is 4. The van der Waals surface area contributed by atoms with Crippen molar-refractivity contribution >= 4 is 39.4 Å². The van der Waals surface area contributed by atoms with Crippen LogP contribution in [0.5, 0.6) is 0 Å². The molecule has 0 saturated heterocycles. The number of para-hydroxylation sites is 1. The number of hydrogen-bond donors (Lipinski definition) is 2. The Morgan fingerprint density at radius 2 is 1.46 bits per heavy atom. The Bertz CT molecular complexity index is 1470. The molecule has 0 aliphatic carbocycles. The van der Waals surface area contributed by atoms with E-state index in [0.717, 1.165) is 43.5 Å². The smallest absolute Gasteiger partial charge is 0.319 e. The van der Waals surface area contributed by atoms with Crippen LogP contribution in [0.3, 0.4) is 0 Å². The van der Waals surface area contributed by atoms with E-state index in [1.807, 2.05) is 78.9 Å². The van der Waals surface area contributed by atoms with E-state index in [1.54, 1.807) is 11.8 Å². The topological polar surface area (TPSA) is 59.0 Å². The fourth-order valence-corrected chi connectivity index (χ4v) is 5.29. The highest BCUT2D eigenvalue weighted by atomic mass is 79.9. The summed E-state index contributed by atoms with van der Waals surface area (Å²) in [5.41, 5.74) is 5.90. The predicted molar refractivity (Wildman–Crippen MR) is 156 cm³/mol. The highest BCUT2D eigenvalue weighted by Crippen LogP contribution is 2.38. The number of rotatable bonds is 8. The van der Waals surface area contributed by atoms with E-state index < -0.39 is 0 Å². The van der Waals surface area contributed by atoms with Crippen molar-refractivity contribution in [3.05, 3.63) is 120 Å². The van der Waals surface area contributed by atoms with Gasteiger partial charge in [-0.25, -0.2) is 9.78 Å². The average Bonchev–Trinajstić information content (AvgIpc) is 3.32. The second kappa shape index (κ2) is 12.0. The first-order chi connectivity index (χ1) is 18.2. The molecule has 1 heterocycles. The van der Waals surface area contributed by atoms with Crippen molar-refractivity contribution in [3.8, 4) is 28.2 Å². The Balaban J connectivity index is 1.42. The zero-order valence-corrected chi connectivity index (χ0v) is 22.4. The van der Waals surface area contributed by atoms with Gasteiger partial charge in [-0.2, -0.15) is 0 Å². The molecule has 5 rings (SSSR count). The maximum Gasteiger partial charge on any atom is 0.319 e. The molecule has 2 N–H and O–H groups in total. The third-order valence-electron chi connectivity index (χ3n) is 5.66. The van der Waals surface area contributed by atoms with Gasteiger partial charge in [0.1, 0.15) is 0 Å². The second-order valence-corrected chi connectivity index (χ2v) is 10.2. The van der Waals surface area contributed by atoms with Gasteiger partial charge in [0.15, 0.2) is 5.16 Å². The molecule has 0 aliphatic heterocycles. The monoisotopic (exact) mass is 568 g/mol. The highest BCUT2D eigenvalue weighted by molar-refractivity contribution is 9.10. The van der Waals surface area contributed by atoms with Crippen LogP contribution in [0.1, 0.15) is 0 Å². The Hall–Kier alpha value is -3.81. The molecule has 5 aromatic rings. The molecular weight excluding hydrogens is 544 g/mol. The van der Waals surface area contributed by atoms with Crippen LogP contribution in [0.15, 0.2) is 125 Å². The molecule has 0 saturated carbocycles. The Kier molecular flexibility index (Phi) is 8.03. The van der Waals surface area contributed by atoms with Crippen molar-refractivity contribution in [1.82, 2.24) is 14.9 Å². The van der Waals surface area contributed by atoms with Gasteiger partial charge in [0.25, 0.3) is 0 Å². The largest absolute Gasteiger partial charge is 0.337 e. The number of nitrogens with zero attached hydrogens (tertiary/aromatic N) is 2. The zero-order valence-electron chi connectivity index (χ0n) is 20.0. The van der Waals surface area contributed by atoms with E-state index in [0.29, 0.717) is 12.3 Å². The summed E-state index contributed by atoms with van der Waals surface area (Å²) in [5, 5.41) is 6.68. The van der Waals surface area contributed by atoms with Gasteiger partial charge in [-0.15, -0.1) is 0 Å². The molecule has 0 aliphatic rings. The van der Waals surface area contributed by atoms with Crippen LogP contribution in [-0.4, -0.2) is 27.9 Å². The summed E-state index contributed by atoms with van der Waals surface area (Å²) >= 11 is 5.04. The first kappa shape index (κ1) is 24.9. The third-order valence-corrected chi connectivity index (χ3v) is 7.09. The number of anilines is 1. The van der Waals surface area contributed by atoms with Gasteiger partial charge in [0.2, 0.25) is 0 Å². The fraction of sp³-hybridized carbons (Fsp3) is 0.0667. The van der Waals surface area contributed by atoms with E-state index in [1.165, 1.54) is 0 Å². The van der Waals surface area contributed by atoms with Crippen LogP contribution >= 0.6 is 27.7 Å². The molecule has 0 fully saturated rings. The molecule has 5 nitrogen and oxygen atoms in total. The van der Waals surface area contributed by atoms with Crippen molar-refractivity contribution in [2.45, 2.75) is 5.16 Å². The maximum atomic E-state index is 12.4. The van der Waals surface area contributed by atoms with Gasteiger partial charge in [0, 0.05) is 39.3 Å². The second-order valence-electron chi connectivity index (χ2n) is 8.23. The summed E-state index contributed by atoms with van der Waals surface area (Å²) in [6.45, 7) is 0.494. The lowest BCUT2D eigenvalue weighted by atomic mass is 10.0. The van der Waals surface area contributed by atoms with Gasteiger partial charge in [-0.05, 0) is 30.3 Å². The van der Waals surface area contributed by atoms with Crippen LogP contribution in [0.4, 0.5) is 10.5 Å². The number of halogens is 1. The Morgan fingerprint density at radius 1 is 0.811 bits per heavy atom. The summed E-state index contributed by atoms with van der Waals surface area (Å²) < 4.78 is 3.13. The summed E-state index contributed by atoms with van der Waals surface area (Å²) in [6.07, 6.45) is 0. The third kappa shape index (κ3) is 6.13. The van der Waals surface area contributed by atoms with E-state index in [-0.39, 0.29) is 6.03 Å². The number of carbonyl (C=O) groups excluding carboxylic acids is 1. The molecule has 0 unspecified atom stereocenters. The van der Waals surface area contributed by atoms with Crippen molar-refractivity contribution in [2.24, 2.45) is 0 Å².